The number of hydrogen-bond donors (Lipinski definition) is 0. The average molecular weight is 331 g/mol. The van der Waals surface area contributed by atoms with Gasteiger partial charge in [0.25, 0.3) is 0 Å². The molecule has 0 radical (unpaired) electrons. The average Bonchev–Trinajstić information content (AvgIpc) is 3.27. The quantitative estimate of drug-likeness (QED) is 0.712. The van der Waals surface area contributed by atoms with Crippen LogP contribution in [0.2, 0.25) is 0 Å². The Labute approximate surface area is 147 Å². The van der Waals surface area contributed by atoms with Gasteiger partial charge in [0.15, 0.2) is 0 Å². The molecule has 1 aromatic carbocycles. The molecule has 0 bridgehead atoms. The molecule has 1 fully saturated rings. The van der Waals surface area contributed by atoms with Crippen molar-refractivity contribution in [1.82, 2.24) is 9.38 Å². The molecule has 1 aliphatic heterocycles. The summed E-state index contributed by atoms with van der Waals surface area (Å²) in [6.45, 7) is 4.23. The zero-order valence-electron chi connectivity index (χ0n) is 14.6. The predicted octanol–water partition coefficient (Wildman–Crippen LogP) is 4.00. The van der Waals surface area contributed by atoms with Crippen molar-refractivity contribution in [2.24, 2.45) is 5.92 Å². The van der Waals surface area contributed by atoms with Crippen molar-refractivity contribution in [2.75, 3.05) is 4.90 Å². The molecule has 4 heteroatoms. The van der Waals surface area contributed by atoms with Gasteiger partial charge in [-0.25, -0.2) is 4.98 Å². The van der Waals surface area contributed by atoms with E-state index in [4.69, 9.17) is 4.98 Å². The maximum absolute atomic E-state index is 12.6. The van der Waals surface area contributed by atoms with Gasteiger partial charge in [-0.3, -0.25) is 4.79 Å². The first-order valence-corrected chi connectivity index (χ1v) is 9.02. The van der Waals surface area contributed by atoms with E-state index in [-0.39, 0.29) is 12.0 Å². The molecule has 2 aliphatic rings. The highest BCUT2D eigenvalue weighted by atomic mass is 16.2. The molecule has 1 amide bonds. The Morgan fingerprint density at radius 2 is 2.00 bits per heavy atom. The van der Waals surface area contributed by atoms with Crippen molar-refractivity contribution in [2.45, 2.75) is 39.2 Å². The van der Waals surface area contributed by atoms with Crippen LogP contribution >= 0.6 is 0 Å². The van der Waals surface area contributed by atoms with E-state index >= 15 is 0 Å². The molecular weight excluding hydrogens is 310 g/mol. The summed E-state index contributed by atoms with van der Waals surface area (Å²) in [7, 11) is 0. The Kier molecular flexibility index (Phi) is 3.05. The number of carbonyl (C=O) groups excluding carboxylic acids is 1. The van der Waals surface area contributed by atoms with Gasteiger partial charge in [0.05, 0.1) is 5.69 Å². The van der Waals surface area contributed by atoms with Crippen LogP contribution in [0.25, 0.3) is 16.9 Å². The number of amides is 1. The fourth-order valence-corrected chi connectivity index (χ4v) is 3.90. The third kappa shape index (κ3) is 2.36. The summed E-state index contributed by atoms with van der Waals surface area (Å²) in [5, 5.41) is 0. The predicted molar refractivity (Wildman–Crippen MR) is 98.7 cm³/mol. The maximum Gasteiger partial charge on any atom is 0.230 e. The Morgan fingerprint density at radius 3 is 2.80 bits per heavy atom. The Bertz CT molecular complexity index is 1000. The minimum absolute atomic E-state index is 0.252. The summed E-state index contributed by atoms with van der Waals surface area (Å²) in [6.07, 6.45) is 7.20. The molecule has 3 aromatic rings. The van der Waals surface area contributed by atoms with Gasteiger partial charge in [-0.2, -0.15) is 0 Å². The van der Waals surface area contributed by atoms with Gasteiger partial charge < -0.3 is 9.30 Å². The summed E-state index contributed by atoms with van der Waals surface area (Å²) in [5.74, 6) is 0.567. The first-order chi connectivity index (χ1) is 12.1. The van der Waals surface area contributed by atoms with Crippen LogP contribution in [0.1, 0.15) is 30.9 Å². The molecule has 1 saturated carbocycles. The van der Waals surface area contributed by atoms with E-state index in [0.717, 1.165) is 41.9 Å². The monoisotopic (exact) mass is 331 g/mol. The summed E-state index contributed by atoms with van der Waals surface area (Å²) in [4.78, 5) is 19.4. The lowest BCUT2D eigenvalue weighted by Crippen LogP contribution is -2.36. The number of fused-ring (bicyclic) bond motifs is 2. The summed E-state index contributed by atoms with van der Waals surface area (Å²) >= 11 is 0. The van der Waals surface area contributed by atoms with Crippen molar-refractivity contribution in [3.05, 3.63) is 53.9 Å². The van der Waals surface area contributed by atoms with Crippen LogP contribution in [0.5, 0.6) is 0 Å². The molecule has 0 N–H and O–H groups in total. The Balaban J connectivity index is 1.54. The fraction of sp³-hybridized carbons (Fsp3) is 0.333. The molecule has 0 saturated heterocycles. The van der Waals surface area contributed by atoms with Crippen LogP contribution in [0.4, 0.5) is 5.69 Å². The van der Waals surface area contributed by atoms with E-state index in [1.165, 1.54) is 11.1 Å². The number of aromatic nitrogens is 2. The largest absolute Gasteiger partial charge is 0.309 e. The summed E-state index contributed by atoms with van der Waals surface area (Å²) < 4.78 is 2.07. The van der Waals surface area contributed by atoms with Gasteiger partial charge in [-0.05, 0) is 62.4 Å². The third-order valence-electron chi connectivity index (χ3n) is 5.35. The molecule has 3 heterocycles. The molecular formula is C21H21N3O. The van der Waals surface area contributed by atoms with Crippen molar-refractivity contribution in [3.8, 4) is 11.3 Å². The van der Waals surface area contributed by atoms with Crippen molar-refractivity contribution < 1.29 is 4.79 Å². The SMILES string of the molecule is Cc1ccc2nc(-c3ccc4c(c3)C[C@@H](C)N4C(=O)C3CC3)cn2c1. The van der Waals surface area contributed by atoms with Gasteiger partial charge in [0, 0.05) is 35.6 Å². The van der Waals surface area contributed by atoms with E-state index in [1.807, 2.05) is 11.0 Å². The van der Waals surface area contributed by atoms with E-state index < -0.39 is 0 Å². The van der Waals surface area contributed by atoms with Crippen LogP contribution in [0.3, 0.4) is 0 Å². The van der Waals surface area contributed by atoms with Gasteiger partial charge in [-0.1, -0.05) is 12.1 Å². The van der Waals surface area contributed by atoms with Crippen molar-refractivity contribution in [1.29, 1.82) is 0 Å². The lowest BCUT2D eigenvalue weighted by atomic mass is 10.1. The van der Waals surface area contributed by atoms with Crippen molar-refractivity contribution >= 4 is 17.2 Å². The number of anilines is 1. The van der Waals surface area contributed by atoms with E-state index in [9.17, 15) is 4.79 Å². The van der Waals surface area contributed by atoms with Gasteiger partial charge in [-0.15, -0.1) is 0 Å². The molecule has 1 aliphatic carbocycles. The lowest BCUT2D eigenvalue weighted by molar-refractivity contribution is -0.120. The maximum atomic E-state index is 12.6. The molecule has 0 spiro atoms. The Hall–Kier alpha value is -2.62. The second-order valence-corrected chi connectivity index (χ2v) is 7.48. The van der Waals surface area contributed by atoms with Crippen LogP contribution in [0.15, 0.2) is 42.7 Å². The number of pyridine rings is 1. The minimum Gasteiger partial charge on any atom is -0.309 e. The van der Waals surface area contributed by atoms with Crippen LogP contribution in [-0.4, -0.2) is 21.3 Å². The highest BCUT2D eigenvalue weighted by Gasteiger charge is 2.39. The van der Waals surface area contributed by atoms with E-state index in [1.54, 1.807) is 0 Å². The topological polar surface area (TPSA) is 37.6 Å². The molecule has 25 heavy (non-hydrogen) atoms. The zero-order chi connectivity index (χ0) is 17.1. The second-order valence-electron chi connectivity index (χ2n) is 7.48. The molecule has 0 unspecified atom stereocenters. The standard InChI is InChI=1S/C21H21N3O/c1-13-3-8-20-22-18(12-23(20)11-13)16-6-7-19-17(10-16)9-14(2)24(19)21(25)15-4-5-15/h3,6-8,10-12,14-15H,4-5,9H2,1-2H3/t14-/m1/s1. The summed E-state index contributed by atoms with van der Waals surface area (Å²) in [6, 6.07) is 10.8. The molecule has 4 nitrogen and oxygen atoms in total. The smallest absolute Gasteiger partial charge is 0.230 e. The first kappa shape index (κ1) is 14.7. The van der Waals surface area contributed by atoms with Gasteiger partial charge in [0.2, 0.25) is 5.91 Å². The van der Waals surface area contributed by atoms with Crippen LogP contribution < -0.4 is 4.90 Å². The van der Waals surface area contributed by atoms with Gasteiger partial charge in [0.1, 0.15) is 5.65 Å². The third-order valence-corrected chi connectivity index (χ3v) is 5.35. The molecule has 1 atom stereocenters. The normalized spacial score (nSPS) is 19.4. The number of rotatable bonds is 2. The number of imidazole rings is 1. The van der Waals surface area contributed by atoms with Crippen LogP contribution in [-0.2, 0) is 11.2 Å². The summed E-state index contributed by atoms with van der Waals surface area (Å²) in [5.41, 5.74) is 6.62. The number of benzene rings is 1. The number of aryl methyl sites for hydroxylation is 1. The fourth-order valence-electron chi connectivity index (χ4n) is 3.90. The van der Waals surface area contributed by atoms with Gasteiger partial charge >= 0.3 is 0 Å². The molecule has 5 rings (SSSR count). The van der Waals surface area contributed by atoms with Crippen LogP contribution in [0, 0.1) is 12.8 Å². The number of carbonyl (C=O) groups is 1. The molecule has 126 valence electrons. The second kappa shape index (κ2) is 5.19. The minimum atomic E-state index is 0.252. The number of nitrogens with zero attached hydrogens (tertiary/aromatic N) is 3. The molecule has 2 aromatic heterocycles. The Morgan fingerprint density at radius 1 is 1.16 bits per heavy atom. The highest BCUT2D eigenvalue weighted by molar-refractivity contribution is 5.99. The van der Waals surface area contributed by atoms with E-state index in [2.05, 4.69) is 54.9 Å². The lowest BCUT2D eigenvalue weighted by Gasteiger charge is -2.22. The van der Waals surface area contributed by atoms with E-state index in [0.29, 0.717) is 5.91 Å². The zero-order valence-corrected chi connectivity index (χ0v) is 14.6. The van der Waals surface area contributed by atoms with Crippen molar-refractivity contribution in [3.63, 3.8) is 0 Å². The highest BCUT2D eigenvalue weighted by Crippen LogP contribution is 2.40. The first-order valence-electron chi connectivity index (χ1n) is 9.02. The number of hydrogen-bond acceptors (Lipinski definition) is 2.